The van der Waals surface area contributed by atoms with Crippen molar-refractivity contribution in [3.63, 3.8) is 0 Å². The van der Waals surface area contributed by atoms with Crippen molar-refractivity contribution in [1.29, 1.82) is 0 Å². The van der Waals surface area contributed by atoms with Crippen molar-refractivity contribution in [2.24, 2.45) is 23.2 Å². The number of aliphatic carboxylic acids is 1. The number of carbonyl (C=O) groups is 3. The van der Waals surface area contributed by atoms with Gasteiger partial charge in [-0.25, -0.2) is 0 Å². The van der Waals surface area contributed by atoms with Crippen molar-refractivity contribution in [1.82, 2.24) is 10.6 Å². The molecule has 4 aliphatic carbocycles. The standard InChI is InChI=1S/C29H34N2O4/c32-26(30-25(27(33)34)15-20-9-5-2-6-10-20)24(14-19-7-3-1-4-8-19)31-28(35)29-16-21-11-22(17-29)13-23(12-21)18-29/h1-10,21-25H,11-18H2,(H,30,32)(H,31,35)(H,33,34)/p-1/t21?,22?,23?,24-,25+,29?/m1/s1. The van der Waals surface area contributed by atoms with Gasteiger partial charge in [-0.3, -0.25) is 9.59 Å². The highest BCUT2D eigenvalue weighted by Crippen LogP contribution is 2.60. The minimum atomic E-state index is -1.34. The minimum absolute atomic E-state index is 0.0410. The maximum atomic E-state index is 13.7. The number of carboxylic acid groups (broad SMARTS) is 1. The quantitative estimate of drug-likeness (QED) is 0.584. The second-order valence-electron chi connectivity index (χ2n) is 11.0. The molecule has 2 atom stereocenters. The zero-order chi connectivity index (χ0) is 24.4. The van der Waals surface area contributed by atoms with E-state index >= 15 is 0 Å². The Morgan fingerprint density at radius 1 is 0.743 bits per heavy atom. The molecule has 6 heteroatoms. The molecule has 2 amide bonds. The van der Waals surface area contributed by atoms with Gasteiger partial charge in [-0.1, -0.05) is 60.7 Å². The van der Waals surface area contributed by atoms with Crippen LogP contribution >= 0.6 is 0 Å². The Morgan fingerprint density at radius 3 is 1.66 bits per heavy atom. The Bertz CT molecular complexity index is 1030. The molecule has 0 radical (unpaired) electrons. The molecule has 0 aromatic heterocycles. The molecule has 4 fully saturated rings. The number of carboxylic acids is 1. The first-order chi connectivity index (χ1) is 16.9. The fourth-order valence-corrected chi connectivity index (χ4v) is 7.07. The Kier molecular flexibility index (Phi) is 6.63. The molecule has 2 N–H and O–H groups in total. The lowest BCUT2D eigenvalue weighted by Crippen LogP contribution is -2.59. The number of rotatable bonds is 9. The first kappa shape index (κ1) is 23.6. The van der Waals surface area contributed by atoms with E-state index in [4.69, 9.17) is 0 Å². The molecule has 6 nitrogen and oxygen atoms in total. The van der Waals surface area contributed by atoms with E-state index in [0.29, 0.717) is 24.2 Å². The van der Waals surface area contributed by atoms with Crippen LogP contribution in [-0.2, 0) is 27.2 Å². The van der Waals surface area contributed by atoms with Crippen LogP contribution in [0.3, 0.4) is 0 Å². The number of hydrogen-bond acceptors (Lipinski definition) is 4. The van der Waals surface area contributed by atoms with Gasteiger partial charge < -0.3 is 20.5 Å². The van der Waals surface area contributed by atoms with E-state index < -0.39 is 24.0 Å². The van der Waals surface area contributed by atoms with E-state index in [1.54, 1.807) is 0 Å². The molecule has 6 rings (SSSR count). The molecule has 4 bridgehead atoms. The predicted molar refractivity (Wildman–Crippen MR) is 130 cm³/mol. The molecule has 2 aromatic rings. The SMILES string of the molecule is O=C([O-])[C@H](Cc1ccccc1)NC(=O)[C@@H](Cc1ccccc1)NC(=O)C12CC3CC(CC(C3)C1)C2. The van der Waals surface area contributed by atoms with Crippen LogP contribution in [0.1, 0.15) is 49.7 Å². The number of nitrogens with one attached hydrogen (secondary N) is 2. The fourth-order valence-electron chi connectivity index (χ4n) is 7.07. The lowest BCUT2D eigenvalue weighted by Gasteiger charge is -2.55. The third kappa shape index (κ3) is 5.26. The minimum Gasteiger partial charge on any atom is -0.548 e. The van der Waals surface area contributed by atoms with Gasteiger partial charge in [-0.15, -0.1) is 0 Å². The molecule has 2 aromatic carbocycles. The monoisotopic (exact) mass is 473 g/mol. The second kappa shape index (κ2) is 9.84. The summed E-state index contributed by atoms with van der Waals surface area (Å²) in [5.41, 5.74) is 1.31. The average Bonchev–Trinajstić information content (AvgIpc) is 2.83. The molecule has 4 saturated carbocycles. The molecule has 0 saturated heterocycles. The Hall–Kier alpha value is -3.15. The van der Waals surface area contributed by atoms with Gasteiger partial charge in [0.1, 0.15) is 6.04 Å². The zero-order valence-corrected chi connectivity index (χ0v) is 20.0. The van der Waals surface area contributed by atoms with E-state index in [1.165, 1.54) is 19.3 Å². The van der Waals surface area contributed by atoms with Gasteiger partial charge in [0, 0.05) is 11.8 Å². The highest BCUT2D eigenvalue weighted by atomic mass is 16.4. The molecule has 0 aliphatic heterocycles. The largest absolute Gasteiger partial charge is 0.548 e. The summed E-state index contributed by atoms with van der Waals surface area (Å²) in [5, 5.41) is 17.6. The smallest absolute Gasteiger partial charge is 0.243 e. The predicted octanol–water partition coefficient (Wildman–Crippen LogP) is 2.41. The molecule has 35 heavy (non-hydrogen) atoms. The first-order valence-electron chi connectivity index (χ1n) is 12.8. The highest BCUT2D eigenvalue weighted by Gasteiger charge is 2.55. The summed E-state index contributed by atoms with van der Waals surface area (Å²) < 4.78 is 0. The summed E-state index contributed by atoms with van der Waals surface area (Å²) in [5.74, 6) is -0.0314. The maximum Gasteiger partial charge on any atom is 0.243 e. The third-order valence-corrected chi connectivity index (χ3v) is 8.31. The van der Waals surface area contributed by atoms with Crippen molar-refractivity contribution >= 4 is 17.8 Å². The molecular weight excluding hydrogens is 440 g/mol. The third-order valence-electron chi connectivity index (χ3n) is 8.31. The summed E-state index contributed by atoms with van der Waals surface area (Å²) in [7, 11) is 0. The number of benzene rings is 2. The van der Waals surface area contributed by atoms with Crippen LogP contribution in [0, 0.1) is 23.2 Å². The van der Waals surface area contributed by atoms with Crippen molar-refractivity contribution in [3.05, 3.63) is 71.8 Å². The average molecular weight is 474 g/mol. The summed E-state index contributed by atoms with van der Waals surface area (Å²) >= 11 is 0. The Morgan fingerprint density at radius 2 is 1.20 bits per heavy atom. The molecule has 0 heterocycles. The number of carbonyl (C=O) groups excluding carboxylic acids is 3. The van der Waals surface area contributed by atoms with Gasteiger partial charge >= 0.3 is 0 Å². The van der Waals surface area contributed by atoms with Gasteiger partial charge in [-0.05, 0) is 73.8 Å². The molecule has 4 aliphatic rings. The van der Waals surface area contributed by atoms with Crippen molar-refractivity contribution < 1.29 is 19.5 Å². The number of hydrogen-bond donors (Lipinski definition) is 2. The summed E-state index contributed by atoms with van der Waals surface area (Å²) in [4.78, 5) is 38.9. The fraction of sp³-hybridized carbons (Fsp3) is 0.483. The molecule has 0 unspecified atom stereocenters. The van der Waals surface area contributed by atoms with Crippen LogP contribution in [-0.4, -0.2) is 29.9 Å². The van der Waals surface area contributed by atoms with E-state index in [-0.39, 0.29) is 17.7 Å². The summed E-state index contributed by atoms with van der Waals surface area (Å²) in [6, 6.07) is 16.6. The van der Waals surface area contributed by atoms with Crippen LogP contribution in [0.2, 0.25) is 0 Å². The molecule has 0 spiro atoms. The van der Waals surface area contributed by atoms with E-state index in [2.05, 4.69) is 10.6 Å². The molecular formula is C29H33N2O4-. The van der Waals surface area contributed by atoms with E-state index in [0.717, 1.165) is 30.4 Å². The van der Waals surface area contributed by atoms with Crippen LogP contribution in [0.5, 0.6) is 0 Å². The number of amides is 2. The van der Waals surface area contributed by atoms with Crippen LogP contribution in [0.25, 0.3) is 0 Å². The highest BCUT2D eigenvalue weighted by molar-refractivity contribution is 5.92. The van der Waals surface area contributed by atoms with Crippen molar-refractivity contribution in [3.8, 4) is 0 Å². The Balaban J connectivity index is 1.33. The van der Waals surface area contributed by atoms with Gasteiger partial charge in [-0.2, -0.15) is 0 Å². The van der Waals surface area contributed by atoms with Crippen molar-refractivity contribution in [2.45, 2.75) is 63.5 Å². The van der Waals surface area contributed by atoms with Crippen molar-refractivity contribution in [2.75, 3.05) is 0 Å². The summed E-state index contributed by atoms with van der Waals surface area (Å²) in [6.45, 7) is 0. The lowest BCUT2D eigenvalue weighted by atomic mass is 9.49. The topological polar surface area (TPSA) is 98.3 Å². The first-order valence-corrected chi connectivity index (χ1v) is 12.8. The second-order valence-corrected chi connectivity index (χ2v) is 11.0. The van der Waals surface area contributed by atoms with E-state index in [1.807, 2.05) is 60.7 Å². The van der Waals surface area contributed by atoms with Gasteiger partial charge in [0.15, 0.2) is 0 Å². The van der Waals surface area contributed by atoms with E-state index in [9.17, 15) is 19.5 Å². The van der Waals surface area contributed by atoms with Crippen LogP contribution < -0.4 is 15.7 Å². The summed E-state index contributed by atoms with van der Waals surface area (Å²) in [6.07, 6.45) is 6.82. The Labute approximate surface area is 206 Å². The van der Waals surface area contributed by atoms with Gasteiger partial charge in [0.25, 0.3) is 0 Å². The zero-order valence-electron chi connectivity index (χ0n) is 20.0. The maximum absolute atomic E-state index is 13.7. The van der Waals surface area contributed by atoms with Crippen LogP contribution in [0.15, 0.2) is 60.7 Å². The van der Waals surface area contributed by atoms with Gasteiger partial charge in [0.05, 0.1) is 12.0 Å². The molecule has 184 valence electrons. The van der Waals surface area contributed by atoms with Crippen LogP contribution in [0.4, 0.5) is 0 Å². The van der Waals surface area contributed by atoms with Gasteiger partial charge in [0.2, 0.25) is 11.8 Å². The normalized spacial score (nSPS) is 28.2. The lowest BCUT2D eigenvalue weighted by molar-refractivity contribution is -0.308.